The third kappa shape index (κ3) is 5.55. The summed E-state index contributed by atoms with van der Waals surface area (Å²) in [6.45, 7) is 4.16. The molecule has 0 saturated carbocycles. The third-order valence-corrected chi connectivity index (χ3v) is 3.68. The van der Waals surface area contributed by atoms with Crippen molar-refractivity contribution < 1.29 is 0 Å². The second kappa shape index (κ2) is 7.26. The SMILES string of the molecule is CCC(Br)CCNCc1ccc(Cl)cc1. The fourth-order valence-electron chi connectivity index (χ4n) is 1.30. The topological polar surface area (TPSA) is 12.0 Å². The van der Waals surface area contributed by atoms with E-state index in [1.807, 2.05) is 12.1 Å². The van der Waals surface area contributed by atoms with E-state index in [0.29, 0.717) is 4.83 Å². The van der Waals surface area contributed by atoms with Crippen LogP contribution in [0.5, 0.6) is 0 Å². The van der Waals surface area contributed by atoms with E-state index in [2.05, 4.69) is 40.3 Å². The molecule has 84 valence electrons. The van der Waals surface area contributed by atoms with Crippen LogP contribution in [0.1, 0.15) is 25.3 Å². The van der Waals surface area contributed by atoms with Gasteiger partial charge in [-0.15, -0.1) is 0 Å². The molecular formula is C12H17BrClN. The highest BCUT2D eigenvalue weighted by Gasteiger charge is 1.99. The Kier molecular flexibility index (Phi) is 6.30. The summed E-state index contributed by atoms with van der Waals surface area (Å²) in [6, 6.07) is 7.97. The van der Waals surface area contributed by atoms with Crippen LogP contribution in [-0.4, -0.2) is 11.4 Å². The lowest BCUT2D eigenvalue weighted by Gasteiger charge is -2.08. The first-order chi connectivity index (χ1) is 7.22. The van der Waals surface area contributed by atoms with Crippen LogP contribution in [0.2, 0.25) is 5.02 Å². The summed E-state index contributed by atoms with van der Waals surface area (Å²) < 4.78 is 0. The number of halogens is 2. The Morgan fingerprint density at radius 3 is 2.60 bits per heavy atom. The first-order valence-corrected chi connectivity index (χ1v) is 6.61. The molecule has 1 rings (SSSR count). The van der Waals surface area contributed by atoms with Crippen molar-refractivity contribution in [1.29, 1.82) is 0 Å². The van der Waals surface area contributed by atoms with Crippen LogP contribution >= 0.6 is 27.5 Å². The summed E-state index contributed by atoms with van der Waals surface area (Å²) in [6.07, 6.45) is 2.35. The van der Waals surface area contributed by atoms with E-state index in [0.717, 1.165) is 18.1 Å². The summed E-state index contributed by atoms with van der Waals surface area (Å²) in [7, 11) is 0. The average molecular weight is 291 g/mol. The lowest BCUT2D eigenvalue weighted by Crippen LogP contribution is -2.17. The summed E-state index contributed by atoms with van der Waals surface area (Å²) in [4.78, 5) is 0.634. The van der Waals surface area contributed by atoms with Crippen molar-refractivity contribution in [2.24, 2.45) is 0 Å². The molecule has 0 bridgehead atoms. The van der Waals surface area contributed by atoms with E-state index in [4.69, 9.17) is 11.6 Å². The Balaban J connectivity index is 2.17. The largest absolute Gasteiger partial charge is 0.313 e. The number of nitrogens with one attached hydrogen (secondary N) is 1. The van der Waals surface area contributed by atoms with Crippen LogP contribution in [-0.2, 0) is 6.54 Å². The average Bonchev–Trinajstić information content (AvgIpc) is 2.26. The maximum Gasteiger partial charge on any atom is 0.0406 e. The maximum absolute atomic E-state index is 5.81. The fourth-order valence-corrected chi connectivity index (χ4v) is 1.65. The monoisotopic (exact) mass is 289 g/mol. The molecular weight excluding hydrogens is 273 g/mol. The van der Waals surface area contributed by atoms with Crippen LogP contribution in [0.4, 0.5) is 0 Å². The molecule has 1 aromatic rings. The van der Waals surface area contributed by atoms with Gasteiger partial charge in [-0.05, 0) is 37.1 Å². The molecule has 0 aliphatic heterocycles. The molecule has 0 aromatic heterocycles. The standard InChI is InChI=1S/C12H17BrClN/c1-2-11(13)7-8-15-9-10-3-5-12(14)6-4-10/h3-6,11,15H,2,7-9H2,1H3. The lowest BCUT2D eigenvalue weighted by atomic mass is 10.2. The number of alkyl halides is 1. The van der Waals surface area contributed by atoms with Gasteiger partial charge < -0.3 is 5.32 Å². The predicted molar refractivity (Wildman–Crippen MR) is 70.8 cm³/mol. The second-order valence-corrected chi connectivity index (χ2v) is 5.33. The molecule has 0 saturated heterocycles. The van der Waals surface area contributed by atoms with Gasteiger partial charge in [-0.25, -0.2) is 0 Å². The molecule has 0 spiro atoms. The first-order valence-electron chi connectivity index (χ1n) is 5.31. The quantitative estimate of drug-likeness (QED) is 0.617. The van der Waals surface area contributed by atoms with Gasteiger partial charge in [0.15, 0.2) is 0 Å². The smallest absolute Gasteiger partial charge is 0.0406 e. The highest BCUT2D eigenvalue weighted by molar-refractivity contribution is 9.09. The summed E-state index contributed by atoms with van der Waals surface area (Å²) in [5.74, 6) is 0. The van der Waals surface area contributed by atoms with Gasteiger partial charge in [-0.3, -0.25) is 0 Å². The zero-order valence-electron chi connectivity index (χ0n) is 8.97. The minimum Gasteiger partial charge on any atom is -0.313 e. The van der Waals surface area contributed by atoms with Crippen molar-refractivity contribution in [3.63, 3.8) is 0 Å². The highest BCUT2D eigenvalue weighted by atomic mass is 79.9. The van der Waals surface area contributed by atoms with Crippen molar-refractivity contribution >= 4 is 27.5 Å². The molecule has 15 heavy (non-hydrogen) atoms. The number of benzene rings is 1. The van der Waals surface area contributed by atoms with E-state index in [1.54, 1.807) is 0 Å². The molecule has 0 amide bonds. The molecule has 1 nitrogen and oxygen atoms in total. The molecule has 1 N–H and O–H groups in total. The fraction of sp³-hybridized carbons (Fsp3) is 0.500. The van der Waals surface area contributed by atoms with Crippen LogP contribution in [0.15, 0.2) is 24.3 Å². The number of hydrogen-bond acceptors (Lipinski definition) is 1. The van der Waals surface area contributed by atoms with E-state index in [9.17, 15) is 0 Å². The number of hydrogen-bond donors (Lipinski definition) is 1. The zero-order chi connectivity index (χ0) is 11.1. The highest BCUT2D eigenvalue weighted by Crippen LogP contribution is 2.10. The Bertz CT molecular complexity index is 273. The molecule has 1 unspecified atom stereocenters. The third-order valence-electron chi connectivity index (χ3n) is 2.32. The predicted octanol–water partition coefficient (Wildman–Crippen LogP) is 3.99. The van der Waals surface area contributed by atoms with Gasteiger partial charge in [0.25, 0.3) is 0 Å². The van der Waals surface area contributed by atoms with E-state index >= 15 is 0 Å². The molecule has 1 atom stereocenters. The van der Waals surface area contributed by atoms with Gasteiger partial charge in [0.2, 0.25) is 0 Å². The van der Waals surface area contributed by atoms with E-state index < -0.39 is 0 Å². The Morgan fingerprint density at radius 1 is 1.33 bits per heavy atom. The minimum absolute atomic E-state index is 0.634. The van der Waals surface area contributed by atoms with Gasteiger partial charge in [0.05, 0.1) is 0 Å². The normalized spacial score (nSPS) is 12.7. The molecule has 3 heteroatoms. The van der Waals surface area contributed by atoms with Crippen LogP contribution < -0.4 is 5.32 Å². The van der Waals surface area contributed by atoms with E-state index in [-0.39, 0.29) is 0 Å². The maximum atomic E-state index is 5.81. The van der Waals surface area contributed by atoms with Gasteiger partial charge in [0.1, 0.15) is 0 Å². The van der Waals surface area contributed by atoms with Crippen LogP contribution in [0.25, 0.3) is 0 Å². The van der Waals surface area contributed by atoms with Crippen molar-refractivity contribution in [2.75, 3.05) is 6.54 Å². The van der Waals surface area contributed by atoms with Crippen molar-refractivity contribution in [1.82, 2.24) is 5.32 Å². The zero-order valence-corrected chi connectivity index (χ0v) is 11.3. The van der Waals surface area contributed by atoms with Crippen molar-refractivity contribution in [3.8, 4) is 0 Å². The van der Waals surface area contributed by atoms with Gasteiger partial charge >= 0.3 is 0 Å². The van der Waals surface area contributed by atoms with Gasteiger partial charge in [0, 0.05) is 16.4 Å². The van der Waals surface area contributed by atoms with Crippen molar-refractivity contribution in [3.05, 3.63) is 34.9 Å². The molecule has 0 aliphatic carbocycles. The van der Waals surface area contributed by atoms with Crippen LogP contribution in [0.3, 0.4) is 0 Å². The van der Waals surface area contributed by atoms with Gasteiger partial charge in [-0.1, -0.05) is 46.6 Å². The lowest BCUT2D eigenvalue weighted by molar-refractivity contribution is 0.630. The Morgan fingerprint density at radius 2 is 2.00 bits per heavy atom. The Labute approximate surface area is 105 Å². The van der Waals surface area contributed by atoms with Crippen molar-refractivity contribution in [2.45, 2.75) is 31.1 Å². The van der Waals surface area contributed by atoms with Crippen LogP contribution in [0, 0.1) is 0 Å². The molecule has 0 aliphatic rings. The summed E-state index contributed by atoms with van der Waals surface area (Å²) in [5.41, 5.74) is 1.28. The molecule has 0 heterocycles. The Hall–Kier alpha value is -0.0500. The summed E-state index contributed by atoms with van der Waals surface area (Å²) >= 11 is 9.42. The minimum atomic E-state index is 0.634. The van der Waals surface area contributed by atoms with E-state index in [1.165, 1.54) is 18.4 Å². The first kappa shape index (κ1) is 13.0. The molecule has 0 radical (unpaired) electrons. The second-order valence-electron chi connectivity index (χ2n) is 3.60. The number of rotatable bonds is 6. The molecule has 1 aromatic carbocycles. The van der Waals surface area contributed by atoms with Gasteiger partial charge in [-0.2, -0.15) is 0 Å². The summed E-state index contributed by atoms with van der Waals surface area (Å²) in [5, 5.41) is 4.21. The molecule has 0 fully saturated rings.